The Bertz CT molecular complexity index is 756. The number of carbonyl (C=O) groups excluding carboxylic acids is 2. The molecule has 0 aliphatic rings. The molecule has 120 valence electrons. The molecule has 0 aliphatic carbocycles. The zero-order chi connectivity index (χ0) is 17.0. The largest absolute Gasteiger partial charge is 0.508 e. The maximum absolute atomic E-state index is 12.0. The van der Waals surface area contributed by atoms with E-state index < -0.39 is 11.8 Å². The van der Waals surface area contributed by atoms with Gasteiger partial charge >= 0.3 is 5.97 Å². The molecule has 0 atom stereocenters. The van der Waals surface area contributed by atoms with Gasteiger partial charge in [0, 0.05) is 6.07 Å². The lowest BCUT2D eigenvalue weighted by Crippen LogP contribution is -2.12. The summed E-state index contributed by atoms with van der Waals surface area (Å²) in [4.78, 5) is 23.4. The normalized spacial score (nSPS) is 10.2. The van der Waals surface area contributed by atoms with Crippen LogP contribution in [0.3, 0.4) is 0 Å². The molecule has 0 aliphatic heterocycles. The molecule has 0 spiro atoms. The van der Waals surface area contributed by atoms with Crippen molar-refractivity contribution in [2.45, 2.75) is 0 Å². The number of esters is 1. The van der Waals surface area contributed by atoms with Gasteiger partial charge in [0.2, 0.25) is 5.78 Å². The molecule has 2 rings (SSSR count). The highest BCUT2D eigenvalue weighted by molar-refractivity contribution is 9.10. The van der Waals surface area contributed by atoms with Crippen LogP contribution in [0.1, 0.15) is 20.7 Å². The molecule has 0 saturated heterocycles. The van der Waals surface area contributed by atoms with Crippen molar-refractivity contribution in [3.05, 3.63) is 52.0 Å². The number of halogens is 1. The van der Waals surface area contributed by atoms with Gasteiger partial charge in [-0.15, -0.1) is 0 Å². The number of hydrogen-bond donors (Lipinski definition) is 2. The van der Waals surface area contributed by atoms with E-state index in [1.54, 1.807) is 0 Å². The van der Waals surface area contributed by atoms with Gasteiger partial charge in [0.15, 0.2) is 6.61 Å². The Morgan fingerprint density at radius 2 is 1.87 bits per heavy atom. The average molecular weight is 381 g/mol. The summed E-state index contributed by atoms with van der Waals surface area (Å²) in [7, 11) is 1.28. The standard InChI is InChI=1S/C16H13BrO6/c1-22-16(21)9-2-5-15(12(17)6-9)23-8-14(20)11-4-3-10(18)7-13(11)19/h2-7,18-19H,8H2,1H3. The lowest BCUT2D eigenvalue weighted by atomic mass is 10.1. The number of phenolic OH excluding ortho intramolecular Hbond substituents is 2. The van der Waals surface area contributed by atoms with E-state index in [1.165, 1.54) is 37.4 Å². The second-order valence-corrected chi connectivity index (χ2v) is 5.40. The quantitative estimate of drug-likeness (QED) is 0.611. The van der Waals surface area contributed by atoms with Crippen LogP contribution < -0.4 is 4.74 Å². The van der Waals surface area contributed by atoms with Crippen molar-refractivity contribution in [3.8, 4) is 17.2 Å². The predicted molar refractivity (Wildman–Crippen MR) is 85.1 cm³/mol. The summed E-state index contributed by atoms with van der Waals surface area (Å²) in [6.45, 7) is -0.311. The first kappa shape index (κ1) is 16.8. The van der Waals surface area contributed by atoms with Crippen LogP contribution in [0.2, 0.25) is 0 Å². The summed E-state index contributed by atoms with van der Waals surface area (Å²) >= 11 is 3.25. The van der Waals surface area contributed by atoms with E-state index in [1.807, 2.05) is 0 Å². The Balaban J connectivity index is 2.08. The number of Topliss-reactive ketones (excluding diaryl/α,β-unsaturated/α-hetero) is 1. The predicted octanol–water partition coefficient (Wildman–Crippen LogP) is 2.91. The number of phenols is 2. The molecule has 0 bridgehead atoms. The minimum absolute atomic E-state index is 0.0464. The summed E-state index contributed by atoms with van der Waals surface area (Å²) in [6, 6.07) is 8.24. The van der Waals surface area contributed by atoms with Crippen LogP contribution in [0.25, 0.3) is 0 Å². The third-order valence-electron chi connectivity index (χ3n) is 2.99. The zero-order valence-electron chi connectivity index (χ0n) is 12.1. The lowest BCUT2D eigenvalue weighted by molar-refractivity contribution is 0.0600. The topological polar surface area (TPSA) is 93.1 Å². The van der Waals surface area contributed by atoms with Gasteiger partial charge in [0.25, 0.3) is 0 Å². The number of rotatable bonds is 5. The van der Waals surface area contributed by atoms with E-state index in [0.29, 0.717) is 15.8 Å². The number of ether oxygens (including phenoxy) is 2. The second kappa shape index (κ2) is 7.15. The molecule has 7 heteroatoms. The van der Waals surface area contributed by atoms with Crippen molar-refractivity contribution < 1.29 is 29.3 Å². The Kier molecular flexibility index (Phi) is 5.23. The van der Waals surface area contributed by atoms with Crippen LogP contribution >= 0.6 is 15.9 Å². The Hall–Kier alpha value is -2.54. The van der Waals surface area contributed by atoms with Crippen LogP contribution in [-0.2, 0) is 4.74 Å². The van der Waals surface area contributed by atoms with E-state index in [0.717, 1.165) is 6.07 Å². The molecular formula is C16H13BrO6. The molecule has 0 saturated carbocycles. The van der Waals surface area contributed by atoms with Gasteiger partial charge in [-0.05, 0) is 46.3 Å². The third-order valence-corrected chi connectivity index (χ3v) is 3.61. The van der Waals surface area contributed by atoms with Crippen molar-refractivity contribution >= 4 is 27.7 Å². The van der Waals surface area contributed by atoms with Gasteiger partial charge in [-0.1, -0.05) is 0 Å². The molecule has 23 heavy (non-hydrogen) atoms. The van der Waals surface area contributed by atoms with Gasteiger partial charge in [0.1, 0.15) is 17.2 Å². The van der Waals surface area contributed by atoms with E-state index in [2.05, 4.69) is 20.7 Å². The fourth-order valence-electron chi connectivity index (χ4n) is 1.84. The maximum Gasteiger partial charge on any atom is 0.337 e. The molecule has 2 N–H and O–H groups in total. The van der Waals surface area contributed by atoms with Crippen molar-refractivity contribution in [2.24, 2.45) is 0 Å². The van der Waals surface area contributed by atoms with Crippen LogP contribution in [0.4, 0.5) is 0 Å². The smallest absolute Gasteiger partial charge is 0.337 e. The highest BCUT2D eigenvalue weighted by atomic mass is 79.9. The summed E-state index contributed by atoms with van der Waals surface area (Å²) in [6.07, 6.45) is 0. The Morgan fingerprint density at radius 3 is 2.48 bits per heavy atom. The first-order chi connectivity index (χ1) is 10.9. The minimum Gasteiger partial charge on any atom is -0.508 e. The Labute approximate surface area is 140 Å². The lowest BCUT2D eigenvalue weighted by Gasteiger charge is -2.09. The van der Waals surface area contributed by atoms with Crippen molar-refractivity contribution in [1.29, 1.82) is 0 Å². The zero-order valence-corrected chi connectivity index (χ0v) is 13.7. The number of aromatic hydroxyl groups is 2. The SMILES string of the molecule is COC(=O)c1ccc(OCC(=O)c2ccc(O)cc2O)c(Br)c1. The summed E-state index contributed by atoms with van der Waals surface area (Å²) in [5.74, 6) is -1.03. The van der Waals surface area contributed by atoms with Gasteiger partial charge < -0.3 is 19.7 Å². The minimum atomic E-state index is -0.484. The van der Waals surface area contributed by atoms with Crippen molar-refractivity contribution in [2.75, 3.05) is 13.7 Å². The van der Waals surface area contributed by atoms with Crippen molar-refractivity contribution in [1.82, 2.24) is 0 Å². The Morgan fingerprint density at radius 1 is 1.13 bits per heavy atom. The van der Waals surface area contributed by atoms with Gasteiger partial charge in [-0.3, -0.25) is 4.79 Å². The number of carbonyl (C=O) groups is 2. The third kappa shape index (κ3) is 4.01. The summed E-state index contributed by atoms with van der Waals surface area (Å²) in [5.41, 5.74) is 0.388. The first-order valence-electron chi connectivity index (χ1n) is 6.48. The molecule has 0 aromatic heterocycles. The monoisotopic (exact) mass is 380 g/mol. The van der Waals surface area contributed by atoms with Crippen LogP contribution in [0.5, 0.6) is 17.2 Å². The average Bonchev–Trinajstić information content (AvgIpc) is 2.52. The van der Waals surface area contributed by atoms with E-state index in [4.69, 9.17) is 4.74 Å². The van der Waals surface area contributed by atoms with Crippen molar-refractivity contribution in [3.63, 3.8) is 0 Å². The van der Waals surface area contributed by atoms with Gasteiger partial charge in [0.05, 0.1) is 22.7 Å². The highest BCUT2D eigenvalue weighted by Gasteiger charge is 2.14. The second-order valence-electron chi connectivity index (χ2n) is 4.55. The molecule has 2 aromatic rings. The molecule has 0 fully saturated rings. The number of methoxy groups -OCH3 is 1. The molecule has 0 radical (unpaired) electrons. The first-order valence-corrected chi connectivity index (χ1v) is 7.27. The fraction of sp³-hybridized carbons (Fsp3) is 0.125. The van der Waals surface area contributed by atoms with E-state index in [9.17, 15) is 19.8 Å². The van der Waals surface area contributed by atoms with E-state index >= 15 is 0 Å². The molecule has 0 amide bonds. The molecule has 0 heterocycles. The number of ketones is 1. The molecule has 6 nitrogen and oxygen atoms in total. The summed E-state index contributed by atoms with van der Waals surface area (Å²) < 4.78 is 10.5. The highest BCUT2D eigenvalue weighted by Crippen LogP contribution is 2.27. The van der Waals surface area contributed by atoms with Crippen LogP contribution in [0.15, 0.2) is 40.9 Å². The molecule has 0 unspecified atom stereocenters. The number of hydrogen-bond acceptors (Lipinski definition) is 6. The molecule has 2 aromatic carbocycles. The fourth-order valence-corrected chi connectivity index (χ4v) is 2.33. The summed E-state index contributed by atoms with van der Waals surface area (Å²) in [5, 5.41) is 18.8. The maximum atomic E-state index is 12.0. The van der Waals surface area contributed by atoms with Crippen LogP contribution in [0, 0.1) is 0 Å². The molecular weight excluding hydrogens is 368 g/mol. The van der Waals surface area contributed by atoms with E-state index in [-0.39, 0.29) is 23.7 Å². The van der Waals surface area contributed by atoms with Crippen LogP contribution in [-0.4, -0.2) is 35.7 Å². The number of benzene rings is 2. The van der Waals surface area contributed by atoms with Gasteiger partial charge in [-0.25, -0.2) is 4.79 Å². The van der Waals surface area contributed by atoms with Gasteiger partial charge in [-0.2, -0.15) is 0 Å².